The number of nitrogens with one attached hydrogen (secondary N) is 1. The van der Waals surface area contributed by atoms with Crippen LogP contribution in [0.4, 0.5) is 0 Å². The molecule has 1 atom stereocenters. The third-order valence-corrected chi connectivity index (χ3v) is 3.15. The Morgan fingerprint density at radius 2 is 2.47 bits per heavy atom. The lowest BCUT2D eigenvalue weighted by atomic mass is 10.2. The molecular formula is C12H13N5OS. The maximum absolute atomic E-state index is 5.61. The summed E-state index contributed by atoms with van der Waals surface area (Å²) in [7, 11) is 0. The minimum atomic E-state index is -0.0335. The van der Waals surface area contributed by atoms with Gasteiger partial charge in [0.2, 0.25) is 4.77 Å². The molecular weight excluding hydrogens is 262 g/mol. The summed E-state index contributed by atoms with van der Waals surface area (Å²) in [5.74, 6) is 0.717. The fourth-order valence-electron chi connectivity index (χ4n) is 1.97. The van der Waals surface area contributed by atoms with Crippen LogP contribution >= 0.6 is 12.2 Å². The SMILES string of the molecule is S=c1[nH]nc([C@@H]2CCCO2)n1/N=C\c1ccccn1. The Morgan fingerprint density at radius 3 is 3.21 bits per heavy atom. The average molecular weight is 275 g/mol. The van der Waals surface area contributed by atoms with Gasteiger partial charge in [0.1, 0.15) is 6.10 Å². The largest absolute Gasteiger partial charge is 0.370 e. The molecule has 2 aromatic heterocycles. The molecule has 0 saturated carbocycles. The van der Waals surface area contributed by atoms with Crippen LogP contribution in [0.15, 0.2) is 29.5 Å². The molecule has 0 aromatic carbocycles. The fraction of sp³-hybridized carbons (Fsp3) is 0.333. The van der Waals surface area contributed by atoms with E-state index in [9.17, 15) is 0 Å². The second kappa shape index (κ2) is 5.41. The minimum absolute atomic E-state index is 0.0335. The zero-order valence-corrected chi connectivity index (χ0v) is 11.0. The van der Waals surface area contributed by atoms with Gasteiger partial charge >= 0.3 is 0 Å². The lowest BCUT2D eigenvalue weighted by Gasteiger charge is -2.07. The number of nitrogens with zero attached hydrogens (tertiary/aromatic N) is 4. The van der Waals surface area contributed by atoms with Gasteiger partial charge in [-0.05, 0) is 37.2 Å². The Hall–Kier alpha value is -1.86. The first-order chi connectivity index (χ1) is 9.34. The summed E-state index contributed by atoms with van der Waals surface area (Å²) >= 11 is 5.18. The Labute approximate surface area is 115 Å². The van der Waals surface area contributed by atoms with Gasteiger partial charge in [-0.1, -0.05) is 6.07 Å². The van der Waals surface area contributed by atoms with Crippen molar-refractivity contribution in [1.29, 1.82) is 0 Å². The van der Waals surface area contributed by atoms with Gasteiger partial charge in [0.15, 0.2) is 5.82 Å². The number of hydrogen-bond donors (Lipinski definition) is 1. The summed E-state index contributed by atoms with van der Waals surface area (Å²) in [5.41, 5.74) is 0.767. The van der Waals surface area contributed by atoms with E-state index < -0.39 is 0 Å². The van der Waals surface area contributed by atoms with E-state index in [-0.39, 0.29) is 6.10 Å². The van der Waals surface area contributed by atoms with Gasteiger partial charge in [-0.25, -0.2) is 0 Å². The van der Waals surface area contributed by atoms with Crippen LogP contribution in [0.1, 0.15) is 30.5 Å². The lowest BCUT2D eigenvalue weighted by molar-refractivity contribution is 0.102. The zero-order valence-electron chi connectivity index (χ0n) is 10.2. The first kappa shape index (κ1) is 12.2. The van der Waals surface area contributed by atoms with E-state index in [0.717, 1.165) is 31.0 Å². The Kier molecular flexibility index (Phi) is 3.47. The maximum Gasteiger partial charge on any atom is 0.216 e. The van der Waals surface area contributed by atoms with Gasteiger partial charge in [0.05, 0.1) is 11.9 Å². The molecule has 1 saturated heterocycles. The summed E-state index contributed by atoms with van der Waals surface area (Å²) in [5, 5.41) is 11.3. The highest BCUT2D eigenvalue weighted by Crippen LogP contribution is 2.26. The van der Waals surface area contributed by atoms with Crippen LogP contribution in [0.5, 0.6) is 0 Å². The van der Waals surface area contributed by atoms with Gasteiger partial charge < -0.3 is 4.74 Å². The number of aromatic amines is 1. The first-order valence-electron chi connectivity index (χ1n) is 6.09. The van der Waals surface area contributed by atoms with Crippen LogP contribution in [0.3, 0.4) is 0 Å². The summed E-state index contributed by atoms with van der Waals surface area (Å²) in [4.78, 5) is 4.18. The molecule has 0 unspecified atom stereocenters. The molecule has 0 bridgehead atoms. The Morgan fingerprint density at radius 1 is 1.53 bits per heavy atom. The molecule has 1 aliphatic heterocycles. The van der Waals surface area contributed by atoms with Gasteiger partial charge in [-0.2, -0.15) is 14.9 Å². The van der Waals surface area contributed by atoms with E-state index in [1.165, 1.54) is 0 Å². The molecule has 98 valence electrons. The van der Waals surface area contributed by atoms with Crippen molar-refractivity contribution < 1.29 is 4.74 Å². The summed E-state index contributed by atoms with van der Waals surface area (Å²) in [6.07, 6.45) is 5.32. The van der Waals surface area contributed by atoms with Crippen LogP contribution in [0.25, 0.3) is 0 Å². The van der Waals surface area contributed by atoms with Gasteiger partial charge in [0.25, 0.3) is 0 Å². The van der Waals surface area contributed by atoms with Crippen molar-refractivity contribution in [3.05, 3.63) is 40.7 Å². The van der Waals surface area contributed by atoms with E-state index in [1.807, 2.05) is 18.2 Å². The highest BCUT2D eigenvalue weighted by molar-refractivity contribution is 7.71. The molecule has 1 aliphatic rings. The fourth-order valence-corrected chi connectivity index (χ4v) is 2.16. The highest BCUT2D eigenvalue weighted by atomic mass is 32.1. The molecule has 0 aliphatic carbocycles. The number of hydrogen-bond acceptors (Lipinski definition) is 5. The van der Waals surface area contributed by atoms with Crippen LogP contribution < -0.4 is 0 Å². The van der Waals surface area contributed by atoms with Crippen LogP contribution in [0, 0.1) is 4.77 Å². The Balaban J connectivity index is 1.90. The predicted octanol–water partition coefficient (Wildman–Crippen LogP) is 2.07. The molecule has 2 aromatic rings. The molecule has 7 heteroatoms. The van der Waals surface area contributed by atoms with Crippen molar-refractivity contribution in [2.75, 3.05) is 6.61 Å². The van der Waals surface area contributed by atoms with Crippen molar-refractivity contribution >= 4 is 18.4 Å². The topological polar surface area (TPSA) is 68.1 Å². The van der Waals surface area contributed by atoms with Crippen molar-refractivity contribution in [1.82, 2.24) is 19.9 Å². The molecule has 3 rings (SSSR count). The van der Waals surface area contributed by atoms with Crippen LogP contribution in [-0.2, 0) is 4.74 Å². The first-order valence-corrected chi connectivity index (χ1v) is 6.50. The van der Waals surface area contributed by atoms with E-state index in [2.05, 4.69) is 20.3 Å². The quantitative estimate of drug-likeness (QED) is 0.688. The Bertz CT molecular complexity index is 627. The van der Waals surface area contributed by atoms with Gasteiger partial charge in [-0.3, -0.25) is 10.1 Å². The number of ether oxygens (including phenoxy) is 1. The summed E-state index contributed by atoms with van der Waals surface area (Å²) in [6, 6.07) is 5.64. The molecule has 6 nitrogen and oxygen atoms in total. The molecule has 0 radical (unpaired) electrons. The molecule has 3 heterocycles. The van der Waals surface area contributed by atoms with Gasteiger partial charge in [-0.15, -0.1) is 0 Å². The predicted molar refractivity (Wildman–Crippen MR) is 72.6 cm³/mol. The molecule has 19 heavy (non-hydrogen) atoms. The van der Waals surface area contributed by atoms with Gasteiger partial charge in [0, 0.05) is 12.8 Å². The maximum atomic E-state index is 5.61. The number of aromatic nitrogens is 4. The smallest absolute Gasteiger partial charge is 0.216 e. The van der Waals surface area contributed by atoms with Crippen LogP contribution in [0.2, 0.25) is 0 Å². The molecule has 0 spiro atoms. The highest BCUT2D eigenvalue weighted by Gasteiger charge is 2.23. The third kappa shape index (κ3) is 2.61. The van der Waals surface area contributed by atoms with E-state index in [4.69, 9.17) is 17.0 Å². The van der Waals surface area contributed by atoms with E-state index >= 15 is 0 Å². The zero-order chi connectivity index (χ0) is 13.1. The number of rotatable bonds is 3. The summed E-state index contributed by atoms with van der Waals surface area (Å²) < 4.78 is 7.66. The number of pyridine rings is 1. The van der Waals surface area contributed by atoms with E-state index in [1.54, 1.807) is 17.1 Å². The minimum Gasteiger partial charge on any atom is -0.370 e. The molecule has 0 amide bonds. The average Bonchev–Trinajstić information content (AvgIpc) is 3.07. The standard InChI is InChI=1S/C12H13N5OS/c19-12-16-15-11(10-5-3-7-18-10)17(12)14-8-9-4-1-2-6-13-9/h1-2,4,6,8,10H,3,5,7H2,(H,16,19)/b14-8-/t10-/m0/s1. The van der Waals surface area contributed by atoms with Crippen molar-refractivity contribution in [2.24, 2.45) is 5.10 Å². The number of H-pyrrole nitrogens is 1. The summed E-state index contributed by atoms with van der Waals surface area (Å²) in [6.45, 7) is 0.758. The van der Waals surface area contributed by atoms with Crippen molar-refractivity contribution in [2.45, 2.75) is 18.9 Å². The van der Waals surface area contributed by atoms with Crippen LogP contribution in [-0.4, -0.2) is 32.7 Å². The van der Waals surface area contributed by atoms with Crippen molar-refractivity contribution in [3.63, 3.8) is 0 Å². The lowest BCUT2D eigenvalue weighted by Crippen LogP contribution is -2.05. The second-order valence-corrected chi connectivity index (χ2v) is 4.59. The molecule has 1 fully saturated rings. The second-order valence-electron chi connectivity index (χ2n) is 4.20. The van der Waals surface area contributed by atoms with E-state index in [0.29, 0.717) is 4.77 Å². The van der Waals surface area contributed by atoms with Crippen molar-refractivity contribution in [3.8, 4) is 0 Å². The monoisotopic (exact) mass is 275 g/mol. The third-order valence-electron chi connectivity index (χ3n) is 2.89. The molecule has 1 N–H and O–H groups in total. The normalized spacial score (nSPS) is 19.3.